The van der Waals surface area contributed by atoms with Gasteiger partial charge in [-0.3, -0.25) is 23.4 Å². The lowest BCUT2D eigenvalue weighted by atomic mass is 9.77. The Bertz CT molecular complexity index is 1730. The summed E-state index contributed by atoms with van der Waals surface area (Å²) in [5, 5.41) is 1.72. The minimum Gasteiger partial charge on any atom is -0.472 e. The molecule has 0 bridgehead atoms. The Morgan fingerprint density at radius 2 is 1.74 bits per heavy atom. The van der Waals surface area contributed by atoms with E-state index < -0.39 is 57.2 Å². The van der Waals surface area contributed by atoms with Crippen LogP contribution in [0.1, 0.15) is 98.3 Å². The van der Waals surface area contributed by atoms with Gasteiger partial charge in [-0.05, 0) is 73.8 Å². The zero-order valence-corrected chi connectivity index (χ0v) is 30.2. The number of esters is 1. The monoisotopic (exact) mass is 711 g/mol. The number of carbonyl (C=O) groups excluding carboxylic acids is 4. The number of hydrogen-bond donors (Lipinski definition) is 1. The first kappa shape index (κ1) is 36.2. The molecule has 1 N–H and O–H groups in total. The molecule has 1 saturated heterocycles. The van der Waals surface area contributed by atoms with Crippen molar-refractivity contribution < 1.29 is 41.3 Å². The molecule has 1 aromatic carbocycles. The van der Waals surface area contributed by atoms with Crippen LogP contribution in [0.5, 0.6) is 5.88 Å². The first-order valence-corrected chi connectivity index (χ1v) is 19.4. The summed E-state index contributed by atoms with van der Waals surface area (Å²) in [4.78, 5) is 61.5. The zero-order valence-electron chi connectivity index (χ0n) is 29.4. The first-order valence-electron chi connectivity index (χ1n) is 18.0. The van der Waals surface area contributed by atoms with Crippen molar-refractivity contribution in [1.82, 2.24) is 14.6 Å². The summed E-state index contributed by atoms with van der Waals surface area (Å²) < 4.78 is 44.4. The normalized spacial score (nSPS) is 26.1. The molecule has 3 saturated carbocycles. The van der Waals surface area contributed by atoms with Crippen LogP contribution >= 0.6 is 0 Å². The topological polar surface area (TPSA) is 158 Å². The molecule has 5 atom stereocenters. The first-order chi connectivity index (χ1) is 23.7. The second-order valence-corrected chi connectivity index (χ2v) is 16.9. The lowest BCUT2D eigenvalue weighted by Crippen LogP contribution is -2.48. The maximum absolute atomic E-state index is 14.5. The van der Waals surface area contributed by atoms with Crippen molar-refractivity contribution in [2.75, 3.05) is 6.54 Å². The third-order valence-corrected chi connectivity index (χ3v) is 11.8. The molecule has 1 aliphatic heterocycles. The lowest BCUT2D eigenvalue weighted by molar-refractivity contribution is -0.156. The third kappa shape index (κ3) is 8.14. The van der Waals surface area contributed by atoms with Crippen LogP contribution in [0.25, 0.3) is 10.8 Å². The minimum atomic E-state index is -4.33. The van der Waals surface area contributed by atoms with E-state index in [0.29, 0.717) is 31.6 Å². The SMILES string of the molecule is CC[C@@H]1C[C@]1(CC(=O)C1CC(Oc2nccc3ccccc23)CN1C(=O)[C@@H](CC(=O)OC1CCCC1)C(C)(C)C)C(=O)NS(=O)(=O)OC1CC1. The van der Waals surface area contributed by atoms with Gasteiger partial charge in [0.2, 0.25) is 17.7 Å². The van der Waals surface area contributed by atoms with Gasteiger partial charge in [0.1, 0.15) is 12.2 Å². The van der Waals surface area contributed by atoms with E-state index in [0.717, 1.165) is 36.5 Å². The molecule has 2 aromatic rings. The Kier molecular flexibility index (Phi) is 10.3. The molecule has 0 radical (unpaired) electrons. The Balaban J connectivity index is 1.25. The van der Waals surface area contributed by atoms with Crippen LogP contribution in [0.15, 0.2) is 36.5 Å². The van der Waals surface area contributed by atoms with Crippen LogP contribution in [0.3, 0.4) is 0 Å². The number of ketones is 1. The van der Waals surface area contributed by atoms with E-state index in [4.69, 9.17) is 13.7 Å². The second-order valence-electron chi connectivity index (χ2n) is 15.6. The molecule has 2 unspecified atom stereocenters. The number of nitrogens with zero attached hydrogens (tertiary/aromatic N) is 2. The molecule has 12 nitrogen and oxygen atoms in total. The molecule has 2 heterocycles. The van der Waals surface area contributed by atoms with Crippen molar-refractivity contribution in [1.29, 1.82) is 0 Å². The fraction of sp³-hybridized carbons (Fsp3) is 0.649. The molecule has 4 fully saturated rings. The predicted molar refractivity (Wildman–Crippen MR) is 184 cm³/mol. The van der Waals surface area contributed by atoms with Crippen molar-refractivity contribution in [3.63, 3.8) is 0 Å². The zero-order chi connectivity index (χ0) is 35.8. The van der Waals surface area contributed by atoms with Crippen molar-refractivity contribution in [2.45, 2.75) is 123 Å². The average molecular weight is 712 g/mol. The highest BCUT2D eigenvalue weighted by molar-refractivity contribution is 7.85. The number of fused-ring (bicyclic) bond motifs is 1. The number of hydrogen-bond acceptors (Lipinski definition) is 10. The fourth-order valence-electron chi connectivity index (χ4n) is 7.65. The largest absolute Gasteiger partial charge is 0.472 e. The van der Waals surface area contributed by atoms with Gasteiger partial charge in [-0.15, -0.1) is 0 Å². The Hall–Kier alpha value is -3.58. The molecule has 3 aliphatic carbocycles. The van der Waals surface area contributed by atoms with Gasteiger partial charge in [-0.25, -0.2) is 9.71 Å². The second kappa shape index (κ2) is 14.2. The number of pyridine rings is 1. The van der Waals surface area contributed by atoms with E-state index >= 15 is 0 Å². The predicted octanol–water partition coefficient (Wildman–Crippen LogP) is 5.04. The van der Waals surface area contributed by atoms with Gasteiger partial charge >= 0.3 is 16.3 Å². The summed E-state index contributed by atoms with van der Waals surface area (Å²) in [5.74, 6) is -2.52. The average Bonchev–Trinajstić information content (AvgIpc) is 3.89. The summed E-state index contributed by atoms with van der Waals surface area (Å²) in [6.07, 6.45) is 6.00. The van der Waals surface area contributed by atoms with E-state index in [-0.39, 0.29) is 49.5 Å². The van der Waals surface area contributed by atoms with Crippen LogP contribution in [-0.2, 0) is 38.4 Å². The standard InChI is InChI=1S/C37H49N3O9S/c1-5-24-20-37(24,35(44)39-50(45,46)49-26-14-15-26)21-31(41)30-18-27(48-33-28-13-9-6-10-23(28)16-17-38-33)22-40(30)34(43)29(36(2,3)4)19-32(42)47-25-11-7-8-12-25/h6,9-10,13,16-17,24-27,29-30H,5,7-8,11-12,14-15,18-22H2,1-4H3,(H,39,44)/t24-,27?,29-,30?,37-/m1/s1. The Morgan fingerprint density at radius 1 is 1.02 bits per heavy atom. The Labute approximate surface area is 294 Å². The smallest absolute Gasteiger partial charge is 0.362 e. The van der Waals surface area contributed by atoms with E-state index in [1.54, 1.807) is 6.20 Å². The highest BCUT2D eigenvalue weighted by atomic mass is 32.2. The van der Waals surface area contributed by atoms with E-state index in [9.17, 15) is 27.6 Å². The quantitative estimate of drug-likeness (QED) is 0.263. The molecule has 13 heteroatoms. The number of nitrogens with one attached hydrogen (secondary N) is 1. The minimum absolute atomic E-state index is 0.0738. The van der Waals surface area contributed by atoms with Gasteiger partial charge in [0, 0.05) is 24.4 Å². The number of Topliss-reactive ketones (excluding diaryl/α,β-unsaturated/α-hetero) is 1. The molecule has 4 aliphatic rings. The molecule has 1 aromatic heterocycles. The van der Waals surface area contributed by atoms with Crippen molar-refractivity contribution >= 4 is 44.6 Å². The van der Waals surface area contributed by atoms with E-state index in [1.807, 2.05) is 58.0 Å². The number of aromatic nitrogens is 1. The molecular weight excluding hydrogens is 662 g/mol. The van der Waals surface area contributed by atoms with Crippen molar-refractivity contribution in [3.8, 4) is 5.88 Å². The maximum atomic E-state index is 14.5. The molecule has 50 heavy (non-hydrogen) atoms. The number of carbonyl (C=O) groups is 4. The third-order valence-electron chi connectivity index (χ3n) is 10.8. The lowest BCUT2D eigenvalue weighted by Gasteiger charge is -2.35. The number of amides is 2. The number of likely N-dealkylation sites (tertiary alicyclic amines) is 1. The summed E-state index contributed by atoms with van der Waals surface area (Å²) in [6, 6.07) is 8.55. The van der Waals surface area contributed by atoms with Crippen molar-refractivity contribution in [3.05, 3.63) is 36.5 Å². The van der Waals surface area contributed by atoms with Crippen LogP contribution in [-0.4, -0.2) is 72.8 Å². The van der Waals surface area contributed by atoms with Gasteiger partial charge in [-0.1, -0.05) is 52.3 Å². The highest BCUT2D eigenvalue weighted by Crippen LogP contribution is 2.58. The van der Waals surface area contributed by atoms with Crippen LogP contribution < -0.4 is 9.46 Å². The number of ether oxygens (including phenoxy) is 2. The van der Waals surface area contributed by atoms with Gasteiger partial charge in [0.05, 0.1) is 36.4 Å². The molecule has 6 rings (SSSR count). The molecule has 272 valence electrons. The summed E-state index contributed by atoms with van der Waals surface area (Å²) >= 11 is 0. The molecule has 0 spiro atoms. The fourth-order valence-corrected chi connectivity index (χ4v) is 8.68. The number of benzene rings is 1. The molecule has 2 amide bonds. The number of rotatable bonds is 14. The summed E-state index contributed by atoms with van der Waals surface area (Å²) in [6.45, 7) is 7.63. The highest BCUT2D eigenvalue weighted by Gasteiger charge is 2.61. The van der Waals surface area contributed by atoms with Crippen LogP contribution in [0.2, 0.25) is 0 Å². The summed E-state index contributed by atoms with van der Waals surface area (Å²) in [5.41, 5.74) is -1.87. The maximum Gasteiger partial charge on any atom is 0.362 e. The van der Waals surface area contributed by atoms with Crippen molar-refractivity contribution in [2.24, 2.45) is 22.7 Å². The molecular formula is C37H49N3O9S. The van der Waals surface area contributed by atoms with Gasteiger partial charge < -0.3 is 14.4 Å². The van der Waals surface area contributed by atoms with Crippen LogP contribution in [0.4, 0.5) is 0 Å². The van der Waals surface area contributed by atoms with E-state index in [2.05, 4.69) is 9.71 Å². The van der Waals surface area contributed by atoms with Gasteiger partial charge in [-0.2, -0.15) is 8.42 Å². The Morgan fingerprint density at radius 3 is 2.40 bits per heavy atom. The van der Waals surface area contributed by atoms with Gasteiger partial charge in [0.25, 0.3) is 0 Å². The van der Waals surface area contributed by atoms with Crippen LogP contribution in [0, 0.1) is 22.7 Å². The van der Waals surface area contributed by atoms with Gasteiger partial charge in [0.15, 0.2) is 5.78 Å². The van der Waals surface area contributed by atoms with E-state index in [1.165, 1.54) is 4.90 Å². The summed E-state index contributed by atoms with van der Waals surface area (Å²) in [7, 11) is -4.33.